The average molecular weight is 770 g/mol. The van der Waals surface area contributed by atoms with Crippen LogP contribution in [0.5, 0.6) is 5.75 Å². The number of carbonyl (C=O) groups excluding carboxylic acids is 1. The van der Waals surface area contributed by atoms with Gasteiger partial charge in [0.05, 0.1) is 47.6 Å². The summed E-state index contributed by atoms with van der Waals surface area (Å²) >= 11 is 6.79. The van der Waals surface area contributed by atoms with Gasteiger partial charge in [0, 0.05) is 19.5 Å². The molecule has 0 fully saturated rings. The maximum Gasteiger partial charge on any atom is 0.408 e. The van der Waals surface area contributed by atoms with E-state index in [2.05, 4.69) is 20.4 Å². The Labute approximate surface area is 307 Å². The number of anilines is 1. The summed E-state index contributed by atoms with van der Waals surface area (Å²) in [5.74, 6) is -1.31. The minimum atomic E-state index is -3.98. The molecule has 1 N–H and O–H groups in total. The summed E-state index contributed by atoms with van der Waals surface area (Å²) in [4.78, 5) is 36.2. The first-order valence-corrected chi connectivity index (χ1v) is 18.2. The number of sulfonamides is 1. The zero-order chi connectivity index (χ0) is 38.4. The number of nitrogens with zero attached hydrogens (tertiary/aromatic N) is 6. The first kappa shape index (κ1) is 37.2. The topological polar surface area (TPSA) is 164 Å². The van der Waals surface area contributed by atoms with E-state index < -0.39 is 45.0 Å². The van der Waals surface area contributed by atoms with Crippen molar-refractivity contribution < 1.29 is 35.9 Å². The van der Waals surface area contributed by atoms with Gasteiger partial charge in [-0.1, -0.05) is 23.7 Å². The molecule has 0 saturated carbocycles. The van der Waals surface area contributed by atoms with Crippen LogP contribution < -0.4 is 19.9 Å². The van der Waals surface area contributed by atoms with Crippen molar-refractivity contribution in [2.45, 2.75) is 45.4 Å². The first-order valence-electron chi connectivity index (χ1n) is 16.0. The highest BCUT2D eigenvalue weighted by Crippen LogP contribution is 2.38. The highest BCUT2D eigenvalue weighted by molar-refractivity contribution is 7.92. The van der Waals surface area contributed by atoms with Gasteiger partial charge in [0.25, 0.3) is 11.3 Å². The van der Waals surface area contributed by atoms with E-state index in [1.807, 2.05) is 0 Å². The summed E-state index contributed by atoms with van der Waals surface area (Å²) in [6.45, 7) is 4.82. The van der Waals surface area contributed by atoms with Crippen molar-refractivity contribution >= 4 is 55.7 Å². The monoisotopic (exact) mass is 769 g/mol. The van der Waals surface area contributed by atoms with Crippen LogP contribution in [0.2, 0.25) is 5.02 Å². The number of alkyl carbamates (subject to hydrolysis) is 1. The van der Waals surface area contributed by atoms with Gasteiger partial charge in [-0.2, -0.15) is 10.1 Å². The van der Waals surface area contributed by atoms with Gasteiger partial charge >= 0.3 is 6.09 Å². The van der Waals surface area contributed by atoms with Crippen LogP contribution in [-0.2, 0) is 34.8 Å². The van der Waals surface area contributed by atoms with Crippen LogP contribution in [0.1, 0.15) is 43.8 Å². The zero-order valence-electron chi connectivity index (χ0n) is 29.3. The molecule has 0 bridgehead atoms. The van der Waals surface area contributed by atoms with Crippen molar-refractivity contribution in [3.63, 3.8) is 0 Å². The zero-order valence-corrected chi connectivity index (χ0v) is 30.9. The summed E-state index contributed by atoms with van der Waals surface area (Å²) in [6.07, 6.45) is 0.872. The fourth-order valence-electron chi connectivity index (χ4n) is 5.86. The number of aromatic nitrogens is 5. The number of nitrogens with one attached hydrogen (secondary N) is 1. The number of carbonyl (C=O) groups is 1. The second-order valence-corrected chi connectivity index (χ2v) is 15.5. The molecule has 1 amide bonds. The third-order valence-electron chi connectivity index (χ3n) is 8.02. The van der Waals surface area contributed by atoms with Gasteiger partial charge in [0.15, 0.2) is 17.7 Å². The summed E-state index contributed by atoms with van der Waals surface area (Å²) in [5, 5.41) is 7.55. The summed E-state index contributed by atoms with van der Waals surface area (Å²) in [7, 11) is -0.929. The van der Waals surface area contributed by atoms with Crippen LogP contribution in [0.3, 0.4) is 0 Å². The van der Waals surface area contributed by atoms with Crippen molar-refractivity contribution in [3.8, 4) is 11.4 Å². The van der Waals surface area contributed by atoms with Crippen molar-refractivity contribution in [1.82, 2.24) is 29.6 Å². The lowest BCUT2D eigenvalue weighted by Crippen LogP contribution is -2.39. The molecule has 0 saturated heterocycles. The molecule has 3 aromatic heterocycles. The van der Waals surface area contributed by atoms with Crippen LogP contribution in [0, 0.1) is 11.6 Å². The number of oxazole rings is 1. The normalized spacial score (nSPS) is 12.6. The summed E-state index contributed by atoms with van der Waals surface area (Å²) in [5.41, 5.74) is -0.985. The Morgan fingerprint density at radius 1 is 1.08 bits per heavy atom. The Morgan fingerprint density at radius 3 is 2.38 bits per heavy atom. The van der Waals surface area contributed by atoms with Crippen molar-refractivity contribution in [3.05, 3.63) is 105 Å². The predicted molar refractivity (Wildman–Crippen MR) is 193 cm³/mol. The quantitative estimate of drug-likeness (QED) is 0.176. The number of hydrogen-bond donors (Lipinski definition) is 1. The molecule has 14 nitrogen and oxygen atoms in total. The molecule has 0 unspecified atom stereocenters. The van der Waals surface area contributed by atoms with Crippen LogP contribution in [0.25, 0.3) is 27.8 Å². The van der Waals surface area contributed by atoms with E-state index in [4.69, 9.17) is 25.5 Å². The van der Waals surface area contributed by atoms with Crippen molar-refractivity contribution in [2.75, 3.05) is 17.7 Å². The lowest BCUT2D eigenvalue weighted by atomic mass is 10.0. The molecule has 18 heteroatoms. The van der Waals surface area contributed by atoms with E-state index in [1.165, 1.54) is 31.0 Å². The summed E-state index contributed by atoms with van der Waals surface area (Å²) < 4.78 is 75.2. The molecule has 0 aliphatic carbocycles. The highest BCUT2D eigenvalue weighted by atomic mass is 35.5. The number of fused-ring (bicyclic) bond motifs is 2. The second kappa shape index (κ2) is 14.1. The smallest absolute Gasteiger partial charge is 0.408 e. The second-order valence-electron chi connectivity index (χ2n) is 13.2. The fourth-order valence-corrected chi connectivity index (χ4v) is 6.92. The Hall–Kier alpha value is -5.55. The molecule has 0 aliphatic heterocycles. The maximum atomic E-state index is 14.4. The largest absolute Gasteiger partial charge is 0.497 e. The molecule has 0 radical (unpaired) electrons. The maximum absolute atomic E-state index is 14.4. The molecule has 53 heavy (non-hydrogen) atoms. The minimum Gasteiger partial charge on any atom is -0.497 e. The lowest BCUT2D eigenvalue weighted by Gasteiger charge is -2.25. The number of amides is 1. The Kier molecular flexibility index (Phi) is 9.91. The number of hydrogen-bond acceptors (Lipinski definition) is 10. The van der Waals surface area contributed by atoms with Crippen molar-refractivity contribution in [1.29, 1.82) is 0 Å². The lowest BCUT2D eigenvalue weighted by molar-refractivity contribution is 0.0500. The SMILES string of the molecule is COc1ccc(CN(c2nn(C)c3c(-n4c([C@H](Cc5cc(F)cc(F)c5)NC(=O)OC(C)(C)C)nc5ocnc5c4=O)ccc(Cl)c23)S(C)(=O)=O)cc1. The van der Waals surface area contributed by atoms with Crippen LogP contribution >= 0.6 is 11.6 Å². The van der Waals surface area contributed by atoms with E-state index in [0.717, 1.165) is 33.7 Å². The van der Waals surface area contributed by atoms with E-state index >= 15 is 0 Å². The van der Waals surface area contributed by atoms with E-state index in [0.29, 0.717) is 17.4 Å². The Bertz CT molecular complexity index is 2510. The Morgan fingerprint density at radius 2 is 1.75 bits per heavy atom. The van der Waals surface area contributed by atoms with E-state index in [1.54, 1.807) is 45.0 Å². The predicted octanol–water partition coefficient (Wildman–Crippen LogP) is 5.98. The number of benzene rings is 3. The summed E-state index contributed by atoms with van der Waals surface area (Å²) in [6, 6.07) is 11.4. The standard InChI is InChI=1S/C35H34ClF2N7O7S/c1-35(2,3)52-34(47)40-25(15-20-13-21(37)16-22(38)14-20)30-41-32-28(39-18-51-32)33(46)45(30)26-12-11-24(36)27-29(26)43(4)42-31(27)44(53(6,48)49)17-19-7-9-23(50-5)10-8-19/h7-14,16,18,25H,15,17H2,1-6H3,(H,40,47)/t25-/m0/s1. The molecular formula is C35H34ClF2N7O7S. The first-order chi connectivity index (χ1) is 24.9. The minimum absolute atomic E-state index is 0.0311. The molecule has 0 aliphatic rings. The van der Waals surface area contributed by atoms with Gasteiger partial charge in [0.1, 0.15) is 28.8 Å². The molecule has 3 heterocycles. The highest BCUT2D eigenvalue weighted by Gasteiger charge is 2.31. The number of methoxy groups -OCH3 is 1. The van der Waals surface area contributed by atoms with Gasteiger partial charge in [-0.05, 0) is 68.3 Å². The Balaban J connectivity index is 1.59. The average Bonchev–Trinajstić information content (AvgIpc) is 3.67. The third kappa shape index (κ3) is 7.80. The van der Waals surface area contributed by atoms with E-state index in [-0.39, 0.29) is 63.0 Å². The third-order valence-corrected chi connectivity index (χ3v) is 9.44. The molecule has 6 rings (SSSR count). The van der Waals surface area contributed by atoms with Gasteiger partial charge in [0.2, 0.25) is 10.0 Å². The molecule has 6 aromatic rings. The number of rotatable bonds is 10. The van der Waals surface area contributed by atoms with Gasteiger partial charge in [-0.3, -0.25) is 14.0 Å². The van der Waals surface area contributed by atoms with Crippen LogP contribution in [-0.4, -0.2) is 57.8 Å². The fraction of sp³-hybridized carbons (Fsp3) is 0.286. The van der Waals surface area contributed by atoms with Gasteiger partial charge in [-0.25, -0.2) is 31.3 Å². The van der Waals surface area contributed by atoms with Gasteiger partial charge < -0.3 is 19.2 Å². The van der Waals surface area contributed by atoms with Crippen LogP contribution in [0.4, 0.5) is 19.4 Å². The molecule has 0 spiro atoms. The number of ether oxygens (including phenoxy) is 2. The molecular weight excluding hydrogens is 736 g/mol. The number of halogens is 3. The number of aryl methyl sites for hydroxylation is 1. The van der Waals surface area contributed by atoms with E-state index in [9.17, 15) is 26.8 Å². The molecule has 1 atom stereocenters. The molecule has 3 aromatic carbocycles. The van der Waals surface area contributed by atoms with Gasteiger partial charge in [-0.15, -0.1) is 0 Å². The van der Waals surface area contributed by atoms with Crippen molar-refractivity contribution in [2.24, 2.45) is 7.05 Å². The van der Waals surface area contributed by atoms with Crippen LogP contribution in [0.15, 0.2) is 70.2 Å². The molecule has 278 valence electrons.